The normalized spacial score (nSPS) is 10.2. The lowest BCUT2D eigenvalue weighted by molar-refractivity contribution is 1.17. The summed E-state index contributed by atoms with van der Waals surface area (Å²) in [6.45, 7) is 0. The van der Waals surface area contributed by atoms with Gasteiger partial charge in [0.1, 0.15) is 0 Å². The minimum absolute atomic E-state index is 0.521. The largest absolute Gasteiger partial charge is 0.399 e. The summed E-state index contributed by atoms with van der Waals surface area (Å²) in [5.74, 6) is 0.521. The monoisotopic (exact) mass is 292 g/mol. The number of nitrogen functional groups attached to an aromatic ring is 2. The number of nitrogens with one attached hydrogen (secondary N) is 2. The summed E-state index contributed by atoms with van der Waals surface area (Å²) in [4.78, 5) is 8.54. The molecule has 3 rings (SSSR count). The minimum Gasteiger partial charge on any atom is -0.399 e. The molecule has 110 valence electrons. The Labute approximate surface area is 128 Å². The van der Waals surface area contributed by atoms with Crippen LogP contribution in [0.4, 0.5) is 34.4 Å². The van der Waals surface area contributed by atoms with Gasteiger partial charge in [-0.2, -0.15) is 0 Å². The predicted octanol–water partition coefficient (Wildman–Crippen LogP) is 3.13. The van der Waals surface area contributed by atoms with Crippen molar-refractivity contribution in [3.05, 3.63) is 60.9 Å². The topological polar surface area (TPSA) is 102 Å². The van der Waals surface area contributed by atoms with Crippen LogP contribution in [0.15, 0.2) is 60.9 Å². The first-order valence-corrected chi connectivity index (χ1v) is 6.76. The molecule has 6 nitrogen and oxygen atoms in total. The average Bonchev–Trinajstić information content (AvgIpc) is 2.54. The molecule has 0 aliphatic carbocycles. The zero-order valence-corrected chi connectivity index (χ0v) is 11.8. The van der Waals surface area contributed by atoms with Crippen molar-refractivity contribution in [2.45, 2.75) is 0 Å². The van der Waals surface area contributed by atoms with Gasteiger partial charge in [-0.05, 0) is 48.5 Å². The maximum atomic E-state index is 5.65. The quantitative estimate of drug-likeness (QED) is 0.551. The van der Waals surface area contributed by atoms with Crippen molar-refractivity contribution in [3.63, 3.8) is 0 Å². The molecule has 0 amide bonds. The van der Waals surface area contributed by atoms with Crippen LogP contribution >= 0.6 is 0 Å². The Kier molecular flexibility index (Phi) is 3.74. The second-order valence-electron chi connectivity index (χ2n) is 4.79. The van der Waals surface area contributed by atoms with Crippen LogP contribution in [0.1, 0.15) is 0 Å². The molecule has 1 heterocycles. The Morgan fingerprint density at radius 2 is 1.05 bits per heavy atom. The summed E-state index contributed by atoms with van der Waals surface area (Å²) < 4.78 is 0. The van der Waals surface area contributed by atoms with Gasteiger partial charge in [-0.25, -0.2) is 9.97 Å². The lowest BCUT2D eigenvalue weighted by Crippen LogP contribution is -1.99. The third-order valence-corrected chi connectivity index (χ3v) is 3.02. The van der Waals surface area contributed by atoms with Gasteiger partial charge in [0.05, 0.1) is 18.1 Å². The van der Waals surface area contributed by atoms with E-state index < -0.39 is 0 Å². The van der Waals surface area contributed by atoms with Crippen molar-refractivity contribution in [1.29, 1.82) is 0 Å². The lowest BCUT2D eigenvalue weighted by atomic mass is 10.3. The number of rotatable bonds is 4. The highest BCUT2D eigenvalue weighted by molar-refractivity contribution is 5.62. The van der Waals surface area contributed by atoms with E-state index >= 15 is 0 Å². The Bertz CT molecular complexity index is 669. The molecule has 6 N–H and O–H groups in total. The van der Waals surface area contributed by atoms with E-state index in [1.807, 2.05) is 48.5 Å². The third kappa shape index (κ3) is 3.43. The van der Waals surface area contributed by atoms with Crippen LogP contribution in [-0.2, 0) is 0 Å². The molecule has 0 radical (unpaired) electrons. The zero-order chi connectivity index (χ0) is 15.4. The number of nitrogens with two attached hydrogens (primary N) is 2. The number of anilines is 6. The SMILES string of the molecule is Nc1ccc(Nc2cnc(Nc3ccc(N)cc3)nc2)cc1. The van der Waals surface area contributed by atoms with E-state index in [1.54, 1.807) is 12.4 Å². The van der Waals surface area contributed by atoms with Gasteiger partial charge in [0.15, 0.2) is 0 Å². The number of aromatic nitrogens is 2. The smallest absolute Gasteiger partial charge is 0.227 e. The number of benzene rings is 2. The van der Waals surface area contributed by atoms with Gasteiger partial charge in [-0.1, -0.05) is 0 Å². The lowest BCUT2D eigenvalue weighted by Gasteiger charge is -2.08. The molecule has 0 saturated carbocycles. The van der Waals surface area contributed by atoms with Gasteiger partial charge >= 0.3 is 0 Å². The molecule has 0 unspecified atom stereocenters. The summed E-state index contributed by atoms with van der Waals surface area (Å²) in [6, 6.07) is 14.9. The molecule has 6 heteroatoms. The van der Waals surface area contributed by atoms with Crippen LogP contribution in [-0.4, -0.2) is 9.97 Å². The Balaban J connectivity index is 1.67. The summed E-state index contributed by atoms with van der Waals surface area (Å²) in [5.41, 5.74) is 15.4. The van der Waals surface area contributed by atoms with E-state index in [2.05, 4.69) is 20.6 Å². The highest BCUT2D eigenvalue weighted by Crippen LogP contribution is 2.18. The van der Waals surface area contributed by atoms with Crippen LogP contribution < -0.4 is 22.1 Å². The van der Waals surface area contributed by atoms with Crippen molar-refractivity contribution < 1.29 is 0 Å². The van der Waals surface area contributed by atoms with Gasteiger partial charge < -0.3 is 22.1 Å². The first-order chi connectivity index (χ1) is 10.7. The van der Waals surface area contributed by atoms with Gasteiger partial charge in [0.2, 0.25) is 5.95 Å². The van der Waals surface area contributed by atoms with E-state index in [1.165, 1.54) is 0 Å². The van der Waals surface area contributed by atoms with Crippen LogP contribution in [0, 0.1) is 0 Å². The fraction of sp³-hybridized carbons (Fsp3) is 0. The first kappa shape index (κ1) is 13.7. The van der Waals surface area contributed by atoms with Crippen molar-refractivity contribution in [1.82, 2.24) is 9.97 Å². The highest BCUT2D eigenvalue weighted by atomic mass is 15.1. The molecular formula is C16H16N6. The van der Waals surface area contributed by atoms with Crippen LogP contribution in [0.25, 0.3) is 0 Å². The van der Waals surface area contributed by atoms with Crippen LogP contribution in [0.2, 0.25) is 0 Å². The molecule has 0 bridgehead atoms. The maximum Gasteiger partial charge on any atom is 0.227 e. The van der Waals surface area contributed by atoms with E-state index in [-0.39, 0.29) is 0 Å². The molecule has 2 aromatic carbocycles. The molecule has 0 fully saturated rings. The molecule has 0 atom stereocenters. The minimum atomic E-state index is 0.521. The molecule has 22 heavy (non-hydrogen) atoms. The summed E-state index contributed by atoms with van der Waals surface area (Å²) >= 11 is 0. The Hall–Kier alpha value is -3.28. The molecule has 0 aliphatic heterocycles. The van der Waals surface area contributed by atoms with Gasteiger partial charge in [0, 0.05) is 22.7 Å². The van der Waals surface area contributed by atoms with Crippen molar-refractivity contribution >= 4 is 34.4 Å². The second kappa shape index (κ2) is 6.01. The number of hydrogen-bond acceptors (Lipinski definition) is 6. The standard InChI is InChI=1S/C16H16N6/c17-11-1-5-13(6-2-11)21-15-9-19-16(20-10-15)22-14-7-3-12(18)4-8-14/h1-10,21H,17-18H2,(H,19,20,22). The van der Waals surface area contributed by atoms with Crippen LogP contribution in [0.5, 0.6) is 0 Å². The molecule has 0 saturated heterocycles. The molecule has 1 aromatic heterocycles. The fourth-order valence-electron chi connectivity index (χ4n) is 1.89. The Morgan fingerprint density at radius 1 is 0.591 bits per heavy atom. The number of hydrogen-bond donors (Lipinski definition) is 4. The predicted molar refractivity (Wildman–Crippen MR) is 90.3 cm³/mol. The van der Waals surface area contributed by atoms with Gasteiger partial charge in [-0.15, -0.1) is 0 Å². The molecule has 0 spiro atoms. The van der Waals surface area contributed by atoms with Crippen molar-refractivity contribution in [3.8, 4) is 0 Å². The van der Waals surface area contributed by atoms with E-state index in [0.29, 0.717) is 5.95 Å². The van der Waals surface area contributed by atoms with Crippen LogP contribution in [0.3, 0.4) is 0 Å². The molecule has 0 aliphatic rings. The van der Waals surface area contributed by atoms with Gasteiger partial charge in [-0.3, -0.25) is 0 Å². The van der Waals surface area contributed by atoms with E-state index in [0.717, 1.165) is 28.4 Å². The summed E-state index contributed by atoms with van der Waals surface area (Å²) in [5, 5.41) is 6.31. The van der Waals surface area contributed by atoms with Gasteiger partial charge in [0.25, 0.3) is 0 Å². The highest BCUT2D eigenvalue weighted by Gasteiger charge is 2.00. The zero-order valence-electron chi connectivity index (χ0n) is 11.8. The third-order valence-electron chi connectivity index (χ3n) is 3.02. The molecule has 3 aromatic rings. The molecular weight excluding hydrogens is 276 g/mol. The number of nitrogens with zero attached hydrogens (tertiary/aromatic N) is 2. The Morgan fingerprint density at radius 3 is 1.55 bits per heavy atom. The van der Waals surface area contributed by atoms with Crippen molar-refractivity contribution in [2.24, 2.45) is 0 Å². The first-order valence-electron chi connectivity index (χ1n) is 6.76. The van der Waals surface area contributed by atoms with Crippen molar-refractivity contribution in [2.75, 3.05) is 22.1 Å². The summed E-state index contributed by atoms with van der Waals surface area (Å²) in [6.07, 6.45) is 3.42. The van der Waals surface area contributed by atoms with E-state index in [9.17, 15) is 0 Å². The summed E-state index contributed by atoms with van der Waals surface area (Å²) in [7, 11) is 0. The average molecular weight is 292 g/mol. The van der Waals surface area contributed by atoms with E-state index in [4.69, 9.17) is 11.5 Å². The maximum absolute atomic E-state index is 5.65. The fourth-order valence-corrected chi connectivity index (χ4v) is 1.89. The second-order valence-corrected chi connectivity index (χ2v) is 4.79.